The number of benzene rings is 1. The first-order valence-corrected chi connectivity index (χ1v) is 6.52. The molecule has 2 rings (SSSR count). The largest absolute Gasteiger partial charge is 0.345 e. The molecule has 1 heterocycles. The first-order valence-electron chi connectivity index (χ1n) is 5.98. The van der Waals surface area contributed by atoms with Gasteiger partial charge in [-0.05, 0) is 33.8 Å². The predicted octanol–water partition coefficient (Wildman–Crippen LogP) is 3.26. The number of carbonyl (C=O) groups is 1. The summed E-state index contributed by atoms with van der Waals surface area (Å²) >= 11 is 5.70. The lowest BCUT2D eigenvalue weighted by atomic mass is 9.91. The third-order valence-corrected chi connectivity index (χ3v) is 3.43. The summed E-state index contributed by atoms with van der Waals surface area (Å²) in [6, 6.07) is 7.79. The summed E-state index contributed by atoms with van der Waals surface area (Å²) in [4.78, 5) is 13.7. The van der Waals surface area contributed by atoms with Crippen molar-refractivity contribution in [3.63, 3.8) is 0 Å². The van der Waals surface area contributed by atoms with Crippen LogP contribution in [0.3, 0.4) is 0 Å². The number of hydrogen-bond acceptors (Lipinski definition) is 2. The summed E-state index contributed by atoms with van der Waals surface area (Å²) in [7, 11) is 0. The second-order valence-electron chi connectivity index (χ2n) is 5.44. The minimum absolute atomic E-state index is 0.0540. The molecule has 3 nitrogen and oxygen atoms in total. The van der Waals surface area contributed by atoms with Crippen molar-refractivity contribution in [2.24, 2.45) is 0 Å². The molecule has 0 saturated heterocycles. The van der Waals surface area contributed by atoms with E-state index in [1.807, 2.05) is 52.0 Å². The van der Waals surface area contributed by atoms with Gasteiger partial charge in [0, 0.05) is 5.56 Å². The number of fused-ring (bicyclic) bond motifs is 1. The maximum atomic E-state index is 12.1. The lowest BCUT2D eigenvalue weighted by molar-refractivity contribution is -0.148. The molecule has 18 heavy (non-hydrogen) atoms. The standard InChI is InChI=1S/C14H18ClNO2/c1-13(2)10-7-5-6-8-11(10)16(12(17)9-15)14(3,4)18-13/h5-8H,9H2,1-4H3. The highest BCUT2D eigenvalue weighted by Gasteiger charge is 2.45. The van der Waals surface area contributed by atoms with Gasteiger partial charge in [-0.25, -0.2) is 0 Å². The lowest BCUT2D eigenvalue weighted by Gasteiger charge is -2.49. The zero-order valence-electron chi connectivity index (χ0n) is 11.2. The molecule has 0 bridgehead atoms. The van der Waals surface area contributed by atoms with E-state index in [2.05, 4.69) is 0 Å². The molecular weight excluding hydrogens is 250 g/mol. The summed E-state index contributed by atoms with van der Waals surface area (Å²) in [5.74, 6) is -0.203. The Balaban J connectivity index is 2.63. The number of anilines is 1. The van der Waals surface area contributed by atoms with Gasteiger partial charge in [-0.3, -0.25) is 9.69 Å². The van der Waals surface area contributed by atoms with Crippen molar-refractivity contribution in [3.8, 4) is 0 Å². The van der Waals surface area contributed by atoms with Crippen LogP contribution >= 0.6 is 11.6 Å². The van der Waals surface area contributed by atoms with Gasteiger partial charge in [-0.15, -0.1) is 11.6 Å². The molecule has 0 radical (unpaired) electrons. The summed E-state index contributed by atoms with van der Waals surface area (Å²) in [6.07, 6.45) is 0. The van der Waals surface area contributed by atoms with Crippen LogP contribution in [-0.2, 0) is 15.1 Å². The van der Waals surface area contributed by atoms with Crippen molar-refractivity contribution in [1.82, 2.24) is 0 Å². The van der Waals surface area contributed by atoms with Crippen LogP contribution in [0.4, 0.5) is 5.69 Å². The van der Waals surface area contributed by atoms with Crippen LogP contribution in [0.25, 0.3) is 0 Å². The molecule has 1 aliphatic heterocycles. The number of ether oxygens (including phenoxy) is 1. The normalized spacial score (nSPS) is 20.4. The van der Waals surface area contributed by atoms with Crippen LogP contribution < -0.4 is 4.90 Å². The van der Waals surface area contributed by atoms with Crippen molar-refractivity contribution in [2.45, 2.75) is 39.0 Å². The number of rotatable bonds is 1. The molecule has 0 spiro atoms. The molecule has 0 fully saturated rings. The van der Waals surface area contributed by atoms with Gasteiger partial charge in [0.2, 0.25) is 5.91 Å². The first kappa shape index (κ1) is 13.4. The quantitative estimate of drug-likeness (QED) is 0.731. The molecule has 1 aromatic rings. The van der Waals surface area contributed by atoms with Gasteiger partial charge >= 0.3 is 0 Å². The van der Waals surface area contributed by atoms with Crippen LogP contribution in [0.1, 0.15) is 33.3 Å². The molecule has 1 aromatic carbocycles. The Hall–Kier alpha value is -1.06. The highest BCUT2D eigenvalue weighted by Crippen LogP contribution is 2.44. The van der Waals surface area contributed by atoms with Gasteiger partial charge in [0.05, 0.1) is 11.3 Å². The van der Waals surface area contributed by atoms with E-state index in [4.69, 9.17) is 16.3 Å². The second-order valence-corrected chi connectivity index (χ2v) is 5.71. The minimum atomic E-state index is -0.705. The van der Waals surface area contributed by atoms with E-state index < -0.39 is 11.3 Å². The number of carbonyl (C=O) groups excluding carboxylic acids is 1. The number of hydrogen-bond donors (Lipinski definition) is 0. The number of nitrogens with zero attached hydrogens (tertiary/aromatic N) is 1. The molecule has 98 valence electrons. The van der Waals surface area contributed by atoms with Gasteiger partial charge in [0.25, 0.3) is 0 Å². The highest BCUT2D eigenvalue weighted by atomic mass is 35.5. The Morgan fingerprint density at radius 1 is 1.28 bits per heavy atom. The summed E-state index contributed by atoms with van der Waals surface area (Å²) in [5.41, 5.74) is 0.750. The Kier molecular flexibility index (Phi) is 3.16. The maximum absolute atomic E-state index is 12.1. The molecular formula is C14H18ClNO2. The third kappa shape index (κ3) is 2.02. The molecule has 0 aliphatic carbocycles. The zero-order valence-corrected chi connectivity index (χ0v) is 11.9. The van der Waals surface area contributed by atoms with Crippen LogP contribution in [0.5, 0.6) is 0 Å². The van der Waals surface area contributed by atoms with E-state index in [0.717, 1.165) is 11.3 Å². The Labute approximate surface area is 113 Å². The van der Waals surface area contributed by atoms with Crippen molar-refractivity contribution in [3.05, 3.63) is 29.8 Å². The topological polar surface area (TPSA) is 29.5 Å². The molecule has 0 unspecified atom stereocenters. The van der Waals surface area contributed by atoms with Crippen molar-refractivity contribution >= 4 is 23.2 Å². The van der Waals surface area contributed by atoms with Gasteiger partial charge in [-0.1, -0.05) is 18.2 Å². The van der Waals surface area contributed by atoms with E-state index in [0.29, 0.717) is 0 Å². The fourth-order valence-electron chi connectivity index (χ4n) is 2.69. The Bertz CT molecular complexity index is 482. The van der Waals surface area contributed by atoms with Crippen molar-refractivity contribution in [2.75, 3.05) is 10.8 Å². The van der Waals surface area contributed by atoms with Gasteiger partial charge in [0.15, 0.2) is 0 Å². The number of para-hydroxylation sites is 1. The maximum Gasteiger partial charge on any atom is 0.244 e. The Morgan fingerprint density at radius 2 is 1.89 bits per heavy atom. The average Bonchev–Trinajstić information content (AvgIpc) is 2.26. The molecule has 0 aromatic heterocycles. The smallest absolute Gasteiger partial charge is 0.244 e. The van der Waals surface area contributed by atoms with Gasteiger partial charge in [0.1, 0.15) is 11.6 Å². The number of halogens is 1. The molecule has 0 atom stereocenters. The van der Waals surface area contributed by atoms with E-state index in [-0.39, 0.29) is 11.8 Å². The van der Waals surface area contributed by atoms with Crippen LogP contribution in [0.15, 0.2) is 24.3 Å². The zero-order chi connectivity index (χ0) is 13.6. The fourth-order valence-corrected chi connectivity index (χ4v) is 2.81. The molecule has 1 aliphatic rings. The SMILES string of the molecule is CC1(C)OC(C)(C)N(C(=O)CCl)c2ccccc21. The minimum Gasteiger partial charge on any atom is -0.345 e. The van der Waals surface area contributed by atoms with E-state index in [9.17, 15) is 4.79 Å². The average molecular weight is 268 g/mol. The van der Waals surface area contributed by atoms with Gasteiger partial charge < -0.3 is 4.74 Å². The van der Waals surface area contributed by atoms with Crippen LogP contribution in [0.2, 0.25) is 0 Å². The van der Waals surface area contributed by atoms with E-state index in [1.165, 1.54) is 0 Å². The number of alkyl halides is 1. The summed E-state index contributed by atoms with van der Waals surface area (Å²) in [6.45, 7) is 7.79. The molecule has 4 heteroatoms. The van der Waals surface area contributed by atoms with Crippen LogP contribution in [0, 0.1) is 0 Å². The number of amides is 1. The Morgan fingerprint density at radius 3 is 2.50 bits per heavy atom. The lowest BCUT2D eigenvalue weighted by Crippen LogP contribution is -2.57. The van der Waals surface area contributed by atoms with E-state index >= 15 is 0 Å². The summed E-state index contributed by atoms with van der Waals surface area (Å²) in [5, 5.41) is 0. The predicted molar refractivity (Wildman–Crippen MR) is 72.8 cm³/mol. The monoisotopic (exact) mass is 267 g/mol. The second kappa shape index (κ2) is 4.25. The van der Waals surface area contributed by atoms with Gasteiger partial charge in [-0.2, -0.15) is 0 Å². The first-order chi connectivity index (χ1) is 8.29. The highest BCUT2D eigenvalue weighted by molar-refractivity contribution is 6.29. The molecule has 1 amide bonds. The molecule has 0 saturated carbocycles. The van der Waals surface area contributed by atoms with Crippen LogP contribution in [-0.4, -0.2) is 17.5 Å². The fraction of sp³-hybridized carbons (Fsp3) is 0.500. The van der Waals surface area contributed by atoms with Crippen molar-refractivity contribution < 1.29 is 9.53 Å². The van der Waals surface area contributed by atoms with Crippen molar-refractivity contribution in [1.29, 1.82) is 0 Å². The molecule has 0 N–H and O–H groups in total. The summed E-state index contributed by atoms with van der Waals surface area (Å²) < 4.78 is 6.07. The third-order valence-electron chi connectivity index (χ3n) is 3.20. The van der Waals surface area contributed by atoms with E-state index in [1.54, 1.807) is 4.90 Å².